The second kappa shape index (κ2) is 4.76. The van der Waals surface area contributed by atoms with Crippen molar-refractivity contribution < 1.29 is 9.59 Å². The maximum absolute atomic E-state index is 11.7. The van der Waals surface area contributed by atoms with Gasteiger partial charge < -0.3 is 10.2 Å². The molecule has 2 amide bonds. The van der Waals surface area contributed by atoms with Gasteiger partial charge in [0.05, 0.1) is 6.54 Å². The van der Waals surface area contributed by atoms with Crippen LogP contribution in [0, 0.1) is 0 Å². The summed E-state index contributed by atoms with van der Waals surface area (Å²) in [5.74, 6) is -0.0923. The third kappa shape index (κ3) is 2.56. The van der Waals surface area contributed by atoms with Gasteiger partial charge in [0.25, 0.3) is 0 Å². The van der Waals surface area contributed by atoms with E-state index in [0.717, 1.165) is 0 Å². The molecule has 1 atom stereocenters. The Labute approximate surface area is 83.1 Å². The zero-order chi connectivity index (χ0) is 10.6. The van der Waals surface area contributed by atoms with Crippen molar-refractivity contribution >= 4 is 11.8 Å². The van der Waals surface area contributed by atoms with Crippen LogP contribution >= 0.6 is 0 Å². The molecule has 14 heavy (non-hydrogen) atoms. The summed E-state index contributed by atoms with van der Waals surface area (Å²) in [7, 11) is 1.71. The van der Waals surface area contributed by atoms with Gasteiger partial charge in [-0.25, -0.2) is 0 Å². The topological polar surface area (TPSA) is 61.4 Å². The molecular formula is C9H15N3O2. The van der Waals surface area contributed by atoms with E-state index in [9.17, 15) is 9.59 Å². The molecule has 1 saturated heterocycles. The number of amides is 2. The number of carbonyl (C=O) groups excluding carboxylic acids is 2. The van der Waals surface area contributed by atoms with Gasteiger partial charge in [0.15, 0.2) is 0 Å². The molecule has 5 nitrogen and oxygen atoms in total. The number of likely N-dealkylation sites (N-methyl/N-ethyl adjacent to an activating group) is 1. The van der Waals surface area contributed by atoms with Crippen molar-refractivity contribution in [1.29, 1.82) is 0 Å². The van der Waals surface area contributed by atoms with Gasteiger partial charge in [-0.15, -0.1) is 6.58 Å². The highest BCUT2D eigenvalue weighted by molar-refractivity contribution is 5.86. The molecule has 1 aliphatic heterocycles. The standard InChI is InChI=1S/C9H15N3O2/c1-3-4-12(2)9(14)7-5-11-8(13)6-10-7/h3,7,10H,1,4-6H2,2H3,(H,11,13). The largest absolute Gasteiger partial charge is 0.353 e. The van der Waals surface area contributed by atoms with Crippen LogP contribution in [0.4, 0.5) is 0 Å². The molecular weight excluding hydrogens is 182 g/mol. The highest BCUT2D eigenvalue weighted by Crippen LogP contribution is 1.95. The van der Waals surface area contributed by atoms with Gasteiger partial charge >= 0.3 is 0 Å². The third-order valence-electron chi connectivity index (χ3n) is 2.09. The van der Waals surface area contributed by atoms with Gasteiger partial charge in [-0.05, 0) is 0 Å². The van der Waals surface area contributed by atoms with E-state index in [0.29, 0.717) is 13.1 Å². The van der Waals surface area contributed by atoms with Crippen molar-refractivity contribution in [1.82, 2.24) is 15.5 Å². The summed E-state index contributed by atoms with van der Waals surface area (Å²) in [4.78, 5) is 24.0. The first-order valence-electron chi connectivity index (χ1n) is 4.51. The number of carbonyl (C=O) groups is 2. The van der Waals surface area contributed by atoms with E-state index >= 15 is 0 Å². The monoisotopic (exact) mass is 197 g/mol. The molecule has 5 heteroatoms. The highest BCUT2D eigenvalue weighted by Gasteiger charge is 2.25. The van der Waals surface area contributed by atoms with E-state index in [1.807, 2.05) is 0 Å². The Morgan fingerprint density at radius 2 is 2.50 bits per heavy atom. The second-order valence-corrected chi connectivity index (χ2v) is 3.24. The maximum Gasteiger partial charge on any atom is 0.241 e. The minimum Gasteiger partial charge on any atom is -0.353 e. The van der Waals surface area contributed by atoms with Crippen LogP contribution in [0.1, 0.15) is 0 Å². The predicted octanol–water partition coefficient (Wildman–Crippen LogP) is -1.28. The molecule has 0 saturated carbocycles. The first-order chi connectivity index (χ1) is 6.65. The van der Waals surface area contributed by atoms with Crippen LogP contribution in [0.5, 0.6) is 0 Å². The van der Waals surface area contributed by atoms with Crippen molar-refractivity contribution in [2.45, 2.75) is 6.04 Å². The Kier molecular flexibility index (Phi) is 3.64. The van der Waals surface area contributed by atoms with Crippen LogP contribution in [-0.4, -0.2) is 49.4 Å². The fraction of sp³-hybridized carbons (Fsp3) is 0.556. The molecule has 1 unspecified atom stereocenters. The predicted molar refractivity (Wildman–Crippen MR) is 52.6 cm³/mol. The van der Waals surface area contributed by atoms with E-state index < -0.39 is 0 Å². The Hall–Kier alpha value is -1.36. The average molecular weight is 197 g/mol. The van der Waals surface area contributed by atoms with Crippen LogP contribution in [-0.2, 0) is 9.59 Å². The smallest absolute Gasteiger partial charge is 0.241 e. The van der Waals surface area contributed by atoms with E-state index in [1.54, 1.807) is 18.0 Å². The Balaban J connectivity index is 2.44. The molecule has 0 aromatic rings. The normalized spacial score (nSPS) is 21.2. The van der Waals surface area contributed by atoms with Crippen LogP contribution in [0.25, 0.3) is 0 Å². The summed E-state index contributed by atoms with van der Waals surface area (Å²) in [5, 5.41) is 5.51. The summed E-state index contributed by atoms with van der Waals surface area (Å²) in [6.45, 7) is 4.64. The van der Waals surface area contributed by atoms with E-state index in [4.69, 9.17) is 0 Å². The van der Waals surface area contributed by atoms with Crippen LogP contribution < -0.4 is 10.6 Å². The third-order valence-corrected chi connectivity index (χ3v) is 2.09. The molecule has 2 N–H and O–H groups in total. The quantitative estimate of drug-likeness (QED) is 0.554. The molecule has 0 aliphatic carbocycles. The molecule has 0 aromatic carbocycles. The minimum absolute atomic E-state index is 0.0232. The number of hydrogen-bond acceptors (Lipinski definition) is 3. The average Bonchev–Trinajstić information content (AvgIpc) is 2.18. The van der Waals surface area contributed by atoms with Crippen molar-refractivity contribution in [3.8, 4) is 0 Å². The number of rotatable bonds is 3. The van der Waals surface area contributed by atoms with E-state index in [-0.39, 0.29) is 24.4 Å². The molecule has 1 heterocycles. The summed E-state index contributed by atoms with van der Waals surface area (Å²) in [6.07, 6.45) is 1.67. The first-order valence-corrected chi connectivity index (χ1v) is 4.51. The Bertz CT molecular complexity index is 242. The SMILES string of the molecule is C=CCN(C)C(=O)C1CNC(=O)CN1. The number of piperazine rings is 1. The lowest BCUT2D eigenvalue weighted by atomic mass is 10.2. The van der Waals surface area contributed by atoms with Crippen LogP contribution in [0.3, 0.4) is 0 Å². The Morgan fingerprint density at radius 1 is 1.79 bits per heavy atom. The van der Waals surface area contributed by atoms with Crippen LogP contribution in [0.2, 0.25) is 0 Å². The number of hydrogen-bond donors (Lipinski definition) is 2. The van der Waals surface area contributed by atoms with Crippen molar-refractivity contribution in [3.63, 3.8) is 0 Å². The summed E-state index contributed by atoms with van der Waals surface area (Å²) < 4.78 is 0. The maximum atomic E-state index is 11.7. The highest BCUT2D eigenvalue weighted by atomic mass is 16.2. The molecule has 1 rings (SSSR count). The fourth-order valence-electron chi connectivity index (χ4n) is 1.29. The number of nitrogens with one attached hydrogen (secondary N) is 2. The molecule has 0 bridgehead atoms. The van der Waals surface area contributed by atoms with Gasteiger partial charge in [0, 0.05) is 20.1 Å². The fourth-order valence-corrected chi connectivity index (χ4v) is 1.29. The summed E-state index contributed by atoms with van der Waals surface area (Å²) in [6, 6.07) is -0.308. The lowest BCUT2D eigenvalue weighted by molar-refractivity contribution is -0.133. The number of nitrogens with zero attached hydrogens (tertiary/aromatic N) is 1. The first kappa shape index (κ1) is 10.7. The molecule has 1 aliphatic rings. The molecule has 0 spiro atoms. The molecule has 78 valence electrons. The van der Waals surface area contributed by atoms with Gasteiger partial charge in [0.2, 0.25) is 11.8 Å². The molecule has 1 fully saturated rings. The van der Waals surface area contributed by atoms with Gasteiger partial charge in [0.1, 0.15) is 6.04 Å². The van der Waals surface area contributed by atoms with E-state index in [2.05, 4.69) is 17.2 Å². The van der Waals surface area contributed by atoms with Crippen molar-refractivity contribution in [3.05, 3.63) is 12.7 Å². The minimum atomic E-state index is -0.308. The van der Waals surface area contributed by atoms with Gasteiger partial charge in [-0.1, -0.05) is 6.08 Å². The molecule has 0 radical (unpaired) electrons. The van der Waals surface area contributed by atoms with Crippen LogP contribution in [0.15, 0.2) is 12.7 Å². The molecule has 0 aromatic heterocycles. The Morgan fingerprint density at radius 3 is 3.00 bits per heavy atom. The lowest BCUT2D eigenvalue weighted by Crippen LogP contribution is -2.58. The van der Waals surface area contributed by atoms with Gasteiger partial charge in [-0.2, -0.15) is 0 Å². The summed E-state index contributed by atoms with van der Waals surface area (Å²) in [5.41, 5.74) is 0. The zero-order valence-corrected chi connectivity index (χ0v) is 8.25. The van der Waals surface area contributed by atoms with Crippen molar-refractivity contribution in [2.24, 2.45) is 0 Å². The summed E-state index contributed by atoms with van der Waals surface area (Å²) >= 11 is 0. The van der Waals surface area contributed by atoms with E-state index in [1.165, 1.54) is 0 Å². The zero-order valence-electron chi connectivity index (χ0n) is 8.25. The second-order valence-electron chi connectivity index (χ2n) is 3.24. The van der Waals surface area contributed by atoms with Crippen molar-refractivity contribution in [2.75, 3.05) is 26.7 Å². The lowest BCUT2D eigenvalue weighted by Gasteiger charge is -2.26. The van der Waals surface area contributed by atoms with Gasteiger partial charge in [-0.3, -0.25) is 14.9 Å².